The Balaban J connectivity index is 2.15. The van der Waals surface area contributed by atoms with Crippen LogP contribution in [0.15, 0.2) is 36.4 Å². The number of hydrogen-bond donors (Lipinski definition) is 2. The Morgan fingerprint density at radius 3 is 2.75 bits per heavy atom. The number of nitrogens with zero attached hydrogens (tertiary/aromatic N) is 1. The van der Waals surface area contributed by atoms with E-state index in [9.17, 15) is 5.11 Å². The van der Waals surface area contributed by atoms with E-state index in [2.05, 4.69) is 11.4 Å². The monoisotopic (exact) mass is 268 g/mol. The van der Waals surface area contributed by atoms with E-state index in [1.165, 1.54) is 7.11 Å². The molecule has 0 unspecified atom stereocenters. The van der Waals surface area contributed by atoms with Crippen LogP contribution in [0.3, 0.4) is 0 Å². The molecule has 0 radical (unpaired) electrons. The van der Waals surface area contributed by atoms with Crippen LogP contribution in [0.25, 0.3) is 0 Å². The molecule has 0 aliphatic heterocycles. The second-order valence-electron chi connectivity index (χ2n) is 4.47. The SMILES string of the molecule is COc1ccc(CNc2cccc(C)c2C#N)cc1O. The molecule has 102 valence electrons. The molecule has 0 aliphatic carbocycles. The standard InChI is InChI=1S/C16H16N2O2/c1-11-4-3-5-14(13(11)9-17)18-10-12-6-7-16(20-2)15(19)8-12/h3-8,18-19H,10H2,1-2H3. The number of phenolic OH excluding ortho intramolecular Hbond substituents is 1. The fourth-order valence-corrected chi connectivity index (χ4v) is 2.01. The van der Waals surface area contributed by atoms with E-state index in [1.54, 1.807) is 12.1 Å². The van der Waals surface area contributed by atoms with Crippen molar-refractivity contribution in [1.82, 2.24) is 0 Å². The highest BCUT2D eigenvalue weighted by Crippen LogP contribution is 2.27. The third-order valence-electron chi connectivity index (χ3n) is 3.11. The van der Waals surface area contributed by atoms with E-state index in [4.69, 9.17) is 10.00 Å². The van der Waals surface area contributed by atoms with Crippen LogP contribution in [-0.4, -0.2) is 12.2 Å². The van der Waals surface area contributed by atoms with Crippen LogP contribution in [0.5, 0.6) is 11.5 Å². The van der Waals surface area contributed by atoms with E-state index in [1.807, 2.05) is 31.2 Å². The number of benzene rings is 2. The largest absolute Gasteiger partial charge is 0.504 e. The summed E-state index contributed by atoms with van der Waals surface area (Å²) in [4.78, 5) is 0. The van der Waals surface area contributed by atoms with Gasteiger partial charge in [0.2, 0.25) is 0 Å². The third kappa shape index (κ3) is 2.83. The Labute approximate surface area is 118 Å². The second-order valence-corrected chi connectivity index (χ2v) is 4.47. The summed E-state index contributed by atoms with van der Waals surface area (Å²) in [6, 6.07) is 13.1. The van der Waals surface area contributed by atoms with Crippen LogP contribution < -0.4 is 10.1 Å². The molecule has 0 aromatic heterocycles. The molecule has 2 rings (SSSR count). The highest BCUT2D eigenvalue weighted by Gasteiger charge is 2.06. The zero-order valence-corrected chi connectivity index (χ0v) is 11.5. The van der Waals surface area contributed by atoms with Gasteiger partial charge in [-0.25, -0.2) is 0 Å². The molecule has 0 saturated carbocycles. The van der Waals surface area contributed by atoms with E-state index < -0.39 is 0 Å². The summed E-state index contributed by atoms with van der Waals surface area (Å²) in [6.07, 6.45) is 0. The lowest BCUT2D eigenvalue weighted by atomic mass is 10.1. The predicted octanol–water partition coefficient (Wildman–Crippen LogP) is 3.19. The molecular formula is C16H16N2O2. The predicted molar refractivity (Wildman–Crippen MR) is 77.9 cm³/mol. The van der Waals surface area contributed by atoms with Gasteiger partial charge < -0.3 is 15.2 Å². The average molecular weight is 268 g/mol. The van der Waals surface area contributed by atoms with Gasteiger partial charge >= 0.3 is 0 Å². The number of nitrogens with one attached hydrogen (secondary N) is 1. The van der Waals surface area contributed by atoms with Crippen LogP contribution in [0.4, 0.5) is 5.69 Å². The molecule has 0 saturated heterocycles. The molecule has 4 nitrogen and oxygen atoms in total. The van der Waals surface area contributed by atoms with Crippen molar-refractivity contribution in [2.75, 3.05) is 12.4 Å². The number of rotatable bonds is 4. The summed E-state index contributed by atoms with van der Waals surface area (Å²) in [5.41, 5.74) is 3.29. The number of aryl methyl sites for hydroxylation is 1. The molecule has 4 heteroatoms. The zero-order chi connectivity index (χ0) is 14.5. The number of nitriles is 1. The molecular weight excluding hydrogens is 252 g/mol. The van der Waals surface area contributed by atoms with Gasteiger partial charge in [0.15, 0.2) is 11.5 Å². The van der Waals surface area contributed by atoms with Gasteiger partial charge in [-0.05, 0) is 36.2 Å². The van der Waals surface area contributed by atoms with Crippen LogP contribution in [0, 0.1) is 18.3 Å². The molecule has 0 heterocycles. The minimum Gasteiger partial charge on any atom is -0.504 e. The normalized spacial score (nSPS) is 9.85. The van der Waals surface area contributed by atoms with Crippen LogP contribution >= 0.6 is 0 Å². The van der Waals surface area contributed by atoms with E-state index in [0.717, 1.165) is 16.8 Å². The van der Waals surface area contributed by atoms with Gasteiger partial charge in [0.25, 0.3) is 0 Å². The van der Waals surface area contributed by atoms with Crippen molar-refractivity contribution in [3.63, 3.8) is 0 Å². The quantitative estimate of drug-likeness (QED) is 0.893. The lowest BCUT2D eigenvalue weighted by molar-refractivity contribution is 0.373. The first-order valence-electron chi connectivity index (χ1n) is 6.25. The van der Waals surface area contributed by atoms with Gasteiger partial charge in [0, 0.05) is 6.54 Å². The van der Waals surface area contributed by atoms with Gasteiger partial charge in [-0.3, -0.25) is 0 Å². The van der Waals surface area contributed by atoms with E-state index in [0.29, 0.717) is 17.9 Å². The van der Waals surface area contributed by atoms with Crippen molar-refractivity contribution >= 4 is 5.69 Å². The molecule has 0 atom stereocenters. The molecule has 2 aromatic carbocycles. The second kappa shape index (κ2) is 5.98. The van der Waals surface area contributed by atoms with Crippen LogP contribution in [0.1, 0.15) is 16.7 Å². The average Bonchev–Trinajstić information content (AvgIpc) is 2.45. The summed E-state index contributed by atoms with van der Waals surface area (Å²) < 4.78 is 5.00. The van der Waals surface area contributed by atoms with Gasteiger partial charge in [-0.1, -0.05) is 18.2 Å². The molecule has 2 aromatic rings. The van der Waals surface area contributed by atoms with Crippen molar-refractivity contribution in [1.29, 1.82) is 5.26 Å². The smallest absolute Gasteiger partial charge is 0.160 e. The minimum atomic E-state index is 0.108. The summed E-state index contributed by atoms with van der Waals surface area (Å²) in [5.74, 6) is 0.554. The fourth-order valence-electron chi connectivity index (χ4n) is 2.01. The first-order valence-corrected chi connectivity index (χ1v) is 6.25. The van der Waals surface area contributed by atoms with Gasteiger partial charge in [0.05, 0.1) is 18.4 Å². The van der Waals surface area contributed by atoms with Gasteiger partial charge in [0.1, 0.15) is 6.07 Å². The molecule has 0 amide bonds. The third-order valence-corrected chi connectivity index (χ3v) is 3.11. The highest BCUT2D eigenvalue weighted by molar-refractivity contribution is 5.60. The Kier molecular flexibility index (Phi) is 4.11. The zero-order valence-electron chi connectivity index (χ0n) is 11.5. The number of methoxy groups -OCH3 is 1. The summed E-state index contributed by atoms with van der Waals surface area (Å²) in [5, 5.41) is 22.1. The van der Waals surface area contributed by atoms with Crippen molar-refractivity contribution in [3.8, 4) is 17.6 Å². The molecule has 0 aliphatic rings. The number of aromatic hydroxyl groups is 1. The van der Waals surface area contributed by atoms with Crippen molar-refractivity contribution < 1.29 is 9.84 Å². The van der Waals surface area contributed by atoms with E-state index >= 15 is 0 Å². The number of ether oxygens (including phenoxy) is 1. The first kappa shape index (κ1) is 13.8. The van der Waals surface area contributed by atoms with Crippen LogP contribution in [-0.2, 0) is 6.54 Å². The van der Waals surface area contributed by atoms with E-state index in [-0.39, 0.29) is 5.75 Å². The number of phenols is 1. The molecule has 0 bridgehead atoms. The summed E-state index contributed by atoms with van der Waals surface area (Å²) in [7, 11) is 1.51. The number of anilines is 1. The molecule has 0 fully saturated rings. The maximum atomic E-state index is 9.73. The van der Waals surface area contributed by atoms with Crippen LogP contribution in [0.2, 0.25) is 0 Å². The number of hydrogen-bond acceptors (Lipinski definition) is 4. The first-order chi connectivity index (χ1) is 9.65. The van der Waals surface area contributed by atoms with Crippen molar-refractivity contribution in [2.24, 2.45) is 0 Å². The van der Waals surface area contributed by atoms with Gasteiger partial charge in [-0.2, -0.15) is 5.26 Å². The minimum absolute atomic E-state index is 0.108. The topological polar surface area (TPSA) is 65.3 Å². The Hall–Kier alpha value is -2.67. The summed E-state index contributed by atoms with van der Waals surface area (Å²) in [6.45, 7) is 2.43. The molecule has 20 heavy (non-hydrogen) atoms. The molecule has 2 N–H and O–H groups in total. The maximum absolute atomic E-state index is 9.73. The van der Waals surface area contributed by atoms with Crippen molar-refractivity contribution in [2.45, 2.75) is 13.5 Å². The Morgan fingerprint density at radius 2 is 2.10 bits per heavy atom. The van der Waals surface area contributed by atoms with Gasteiger partial charge in [-0.15, -0.1) is 0 Å². The molecule has 0 spiro atoms. The Morgan fingerprint density at radius 1 is 1.30 bits per heavy atom. The lowest BCUT2D eigenvalue weighted by Gasteiger charge is -2.11. The van der Waals surface area contributed by atoms with Crippen molar-refractivity contribution in [3.05, 3.63) is 53.1 Å². The fraction of sp³-hybridized carbons (Fsp3) is 0.188. The lowest BCUT2D eigenvalue weighted by Crippen LogP contribution is -2.02. The summed E-state index contributed by atoms with van der Waals surface area (Å²) >= 11 is 0. The maximum Gasteiger partial charge on any atom is 0.160 e. The Bertz CT molecular complexity index is 660. The highest BCUT2D eigenvalue weighted by atomic mass is 16.5.